The predicted octanol–water partition coefficient (Wildman–Crippen LogP) is 1.62. The fourth-order valence-corrected chi connectivity index (χ4v) is 1.62. The number of carbonyl (C=O) groups excluding carboxylic acids is 1. The van der Waals surface area contributed by atoms with Crippen LogP contribution in [0.25, 0.3) is 0 Å². The molecule has 1 aromatic heterocycles. The molecule has 6 nitrogen and oxygen atoms in total. The van der Waals surface area contributed by atoms with Gasteiger partial charge in [-0.25, -0.2) is 4.79 Å². The number of carbonyl (C=O) groups is 2. The monoisotopic (exact) mass is 268 g/mol. The molecule has 1 unspecified atom stereocenters. The minimum absolute atomic E-state index is 0.0620. The molecule has 1 atom stereocenters. The largest absolute Gasteiger partial charge is 0.481 e. The van der Waals surface area contributed by atoms with Crippen LogP contribution < -0.4 is 10.6 Å². The number of carboxylic acids is 1. The number of nitrogens with one attached hydrogen (secondary N) is 2. The van der Waals surface area contributed by atoms with Crippen LogP contribution in [0, 0.1) is 5.92 Å². The van der Waals surface area contributed by atoms with E-state index in [4.69, 9.17) is 9.52 Å². The van der Waals surface area contributed by atoms with Gasteiger partial charge in [-0.15, -0.1) is 0 Å². The molecule has 2 amide bonds. The zero-order valence-corrected chi connectivity index (χ0v) is 11.2. The normalized spacial score (nSPS) is 12.2. The van der Waals surface area contributed by atoms with E-state index in [1.807, 2.05) is 19.9 Å². The minimum atomic E-state index is -0.922. The molecule has 106 valence electrons. The smallest absolute Gasteiger partial charge is 0.315 e. The van der Waals surface area contributed by atoms with Crippen molar-refractivity contribution in [1.29, 1.82) is 0 Å². The van der Waals surface area contributed by atoms with Crippen molar-refractivity contribution in [3.05, 3.63) is 24.2 Å². The lowest BCUT2D eigenvalue weighted by Crippen LogP contribution is -2.45. The topological polar surface area (TPSA) is 91.6 Å². The first-order valence-corrected chi connectivity index (χ1v) is 6.27. The lowest BCUT2D eigenvalue weighted by Gasteiger charge is -2.20. The molecule has 19 heavy (non-hydrogen) atoms. The van der Waals surface area contributed by atoms with E-state index < -0.39 is 5.97 Å². The van der Waals surface area contributed by atoms with Crippen LogP contribution in [0.3, 0.4) is 0 Å². The SMILES string of the molecule is CC(C)C(CC(=O)O)NC(=O)NCCc1ccco1. The Labute approximate surface area is 112 Å². The fraction of sp³-hybridized carbons (Fsp3) is 0.538. The second kappa shape index (κ2) is 7.45. The van der Waals surface area contributed by atoms with E-state index in [2.05, 4.69) is 10.6 Å². The van der Waals surface area contributed by atoms with Gasteiger partial charge in [0.2, 0.25) is 0 Å². The van der Waals surface area contributed by atoms with Crippen LogP contribution in [0.2, 0.25) is 0 Å². The van der Waals surface area contributed by atoms with Crippen LogP contribution in [0.1, 0.15) is 26.0 Å². The van der Waals surface area contributed by atoms with Crippen molar-refractivity contribution in [2.24, 2.45) is 5.92 Å². The van der Waals surface area contributed by atoms with Gasteiger partial charge in [0.25, 0.3) is 0 Å². The molecule has 0 saturated carbocycles. The highest BCUT2D eigenvalue weighted by Crippen LogP contribution is 2.06. The first-order chi connectivity index (χ1) is 8.99. The van der Waals surface area contributed by atoms with E-state index >= 15 is 0 Å². The molecule has 0 radical (unpaired) electrons. The quantitative estimate of drug-likeness (QED) is 0.700. The number of urea groups is 1. The third-order valence-electron chi connectivity index (χ3n) is 2.75. The number of furan rings is 1. The Morgan fingerprint density at radius 1 is 1.42 bits per heavy atom. The van der Waals surface area contributed by atoms with Gasteiger partial charge in [0.15, 0.2) is 0 Å². The van der Waals surface area contributed by atoms with Gasteiger partial charge >= 0.3 is 12.0 Å². The van der Waals surface area contributed by atoms with Gasteiger partial charge in [-0.05, 0) is 18.1 Å². The van der Waals surface area contributed by atoms with E-state index in [9.17, 15) is 9.59 Å². The summed E-state index contributed by atoms with van der Waals surface area (Å²) in [6.07, 6.45) is 2.10. The first kappa shape index (κ1) is 15.1. The van der Waals surface area contributed by atoms with Crippen molar-refractivity contribution in [2.75, 3.05) is 6.54 Å². The summed E-state index contributed by atoms with van der Waals surface area (Å²) in [6.45, 7) is 4.19. The Morgan fingerprint density at radius 3 is 2.68 bits per heavy atom. The third-order valence-corrected chi connectivity index (χ3v) is 2.75. The number of rotatable bonds is 7. The Hall–Kier alpha value is -1.98. The maximum absolute atomic E-state index is 11.6. The summed E-state index contributed by atoms with van der Waals surface area (Å²) in [5, 5.41) is 14.1. The Morgan fingerprint density at radius 2 is 2.16 bits per heavy atom. The summed E-state index contributed by atoms with van der Waals surface area (Å²) in [6, 6.07) is 2.89. The van der Waals surface area contributed by atoms with Crippen LogP contribution in [-0.4, -0.2) is 29.7 Å². The second-order valence-electron chi connectivity index (χ2n) is 4.68. The molecule has 0 spiro atoms. The van der Waals surface area contributed by atoms with E-state index in [1.165, 1.54) is 0 Å². The summed E-state index contributed by atoms with van der Waals surface area (Å²) in [4.78, 5) is 22.3. The Balaban J connectivity index is 2.29. The van der Waals surface area contributed by atoms with Crippen molar-refractivity contribution < 1.29 is 19.1 Å². The lowest BCUT2D eigenvalue weighted by molar-refractivity contribution is -0.137. The highest BCUT2D eigenvalue weighted by atomic mass is 16.4. The fourth-order valence-electron chi connectivity index (χ4n) is 1.62. The van der Waals surface area contributed by atoms with Crippen molar-refractivity contribution >= 4 is 12.0 Å². The zero-order chi connectivity index (χ0) is 14.3. The van der Waals surface area contributed by atoms with Gasteiger partial charge < -0.3 is 20.2 Å². The summed E-state index contributed by atoms with van der Waals surface area (Å²) >= 11 is 0. The molecule has 0 aliphatic rings. The van der Waals surface area contributed by atoms with Crippen LogP contribution in [0.4, 0.5) is 4.79 Å². The highest BCUT2D eigenvalue weighted by Gasteiger charge is 2.19. The van der Waals surface area contributed by atoms with Gasteiger partial charge in [-0.3, -0.25) is 4.79 Å². The molecule has 3 N–H and O–H groups in total. The molecule has 1 rings (SSSR count). The number of aliphatic carboxylic acids is 1. The molecule has 1 aromatic rings. The van der Waals surface area contributed by atoms with E-state index in [0.29, 0.717) is 13.0 Å². The maximum atomic E-state index is 11.6. The van der Waals surface area contributed by atoms with Crippen molar-refractivity contribution in [2.45, 2.75) is 32.7 Å². The van der Waals surface area contributed by atoms with Gasteiger partial charge in [-0.1, -0.05) is 13.8 Å². The summed E-state index contributed by atoms with van der Waals surface area (Å²) in [7, 11) is 0. The summed E-state index contributed by atoms with van der Waals surface area (Å²) in [5.41, 5.74) is 0. The number of amides is 2. The number of carboxylic acid groups (broad SMARTS) is 1. The number of hydrogen-bond acceptors (Lipinski definition) is 3. The molecule has 0 aromatic carbocycles. The van der Waals surface area contributed by atoms with Gasteiger partial charge in [0.1, 0.15) is 5.76 Å². The number of hydrogen-bond donors (Lipinski definition) is 3. The average Bonchev–Trinajstić information content (AvgIpc) is 2.80. The Kier molecular flexibility index (Phi) is 5.92. The molecule has 0 bridgehead atoms. The molecule has 0 aliphatic heterocycles. The predicted molar refractivity (Wildman–Crippen MR) is 69.8 cm³/mol. The van der Waals surface area contributed by atoms with Crippen molar-refractivity contribution in [1.82, 2.24) is 10.6 Å². The molecule has 0 fully saturated rings. The molecule has 6 heteroatoms. The highest BCUT2D eigenvalue weighted by molar-refractivity contribution is 5.75. The average molecular weight is 268 g/mol. The van der Waals surface area contributed by atoms with Crippen LogP contribution >= 0.6 is 0 Å². The minimum Gasteiger partial charge on any atom is -0.481 e. The van der Waals surface area contributed by atoms with Gasteiger partial charge in [0, 0.05) is 19.0 Å². The van der Waals surface area contributed by atoms with E-state index in [-0.39, 0.29) is 24.4 Å². The second-order valence-corrected chi connectivity index (χ2v) is 4.68. The molecule has 0 saturated heterocycles. The summed E-state index contributed by atoms with van der Waals surface area (Å²) in [5.74, 6) is -0.0623. The van der Waals surface area contributed by atoms with Crippen molar-refractivity contribution in [3.63, 3.8) is 0 Å². The van der Waals surface area contributed by atoms with E-state index in [0.717, 1.165) is 5.76 Å². The van der Waals surface area contributed by atoms with Gasteiger partial charge in [0.05, 0.1) is 12.7 Å². The first-order valence-electron chi connectivity index (χ1n) is 6.27. The van der Waals surface area contributed by atoms with Gasteiger partial charge in [-0.2, -0.15) is 0 Å². The maximum Gasteiger partial charge on any atom is 0.315 e. The third kappa shape index (κ3) is 5.94. The molecular weight excluding hydrogens is 248 g/mol. The standard InChI is InChI=1S/C13H20N2O4/c1-9(2)11(8-12(16)17)15-13(18)14-6-5-10-4-3-7-19-10/h3-4,7,9,11H,5-6,8H2,1-2H3,(H,16,17)(H2,14,15,18). The molecular formula is C13H20N2O4. The molecule has 0 aliphatic carbocycles. The molecule has 1 heterocycles. The zero-order valence-electron chi connectivity index (χ0n) is 11.2. The van der Waals surface area contributed by atoms with Crippen LogP contribution in [0.5, 0.6) is 0 Å². The van der Waals surface area contributed by atoms with Crippen LogP contribution in [-0.2, 0) is 11.2 Å². The summed E-state index contributed by atoms with van der Waals surface area (Å²) < 4.78 is 5.14. The van der Waals surface area contributed by atoms with E-state index in [1.54, 1.807) is 12.3 Å². The van der Waals surface area contributed by atoms with Crippen LogP contribution in [0.15, 0.2) is 22.8 Å². The lowest BCUT2D eigenvalue weighted by atomic mass is 10.0. The Bertz CT molecular complexity index is 401. The van der Waals surface area contributed by atoms with Crippen molar-refractivity contribution in [3.8, 4) is 0 Å².